The molecule has 1 aliphatic rings. The van der Waals surface area contributed by atoms with Crippen LogP contribution in [-0.2, 0) is 0 Å². The molecule has 0 amide bonds. The zero-order valence-corrected chi connectivity index (χ0v) is 7.10. The Labute approximate surface area is 75.6 Å². The molecular formula is C9H10N2O2. The van der Waals surface area contributed by atoms with Crippen molar-refractivity contribution in [1.29, 1.82) is 0 Å². The third-order valence-corrected chi connectivity index (χ3v) is 2.43. The standard InChI is InChI=1S/C9H10N2O2/c12-9(13)8-4-7(10-5-11-8)6-2-1-3-6/h4-6H,1-3H2,(H,12,13). The maximum Gasteiger partial charge on any atom is 0.354 e. The number of hydrogen-bond donors (Lipinski definition) is 1. The fourth-order valence-electron chi connectivity index (χ4n) is 1.42. The van der Waals surface area contributed by atoms with Gasteiger partial charge in [0.25, 0.3) is 0 Å². The number of hydrogen-bond acceptors (Lipinski definition) is 3. The zero-order valence-electron chi connectivity index (χ0n) is 7.10. The highest BCUT2D eigenvalue weighted by Crippen LogP contribution is 2.34. The van der Waals surface area contributed by atoms with Crippen LogP contribution in [0.4, 0.5) is 0 Å². The van der Waals surface area contributed by atoms with Crippen LogP contribution < -0.4 is 0 Å². The van der Waals surface area contributed by atoms with E-state index in [1.807, 2.05) is 0 Å². The summed E-state index contributed by atoms with van der Waals surface area (Å²) in [6.07, 6.45) is 4.79. The molecule has 1 aromatic rings. The Kier molecular flexibility index (Phi) is 1.96. The summed E-state index contributed by atoms with van der Waals surface area (Å²) < 4.78 is 0. The lowest BCUT2D eigenvalue weighted by atomic mass is 9.83. The summed E-state index contributed by atoms with van der Waals surface area (Å²) in [4.78, 5) is 18.3. The first-order valence-corrected chi connectivity index (χ1v) is 4.32. The minimum atomic E-state index is -0.983. The first-order chi connectivity index (χ1) is 6.27. The van der Waals surface area contributed by atoms with Gasteiger partial charge < -0.3 is 5.11 Å². The highest BCUT2D eigenvalue weighted by Gasteiger charge is 2.21. The van der Waals surface area contributed by atoms with Crippen molar-refractivity contribution in [2.45, 2.75) is 25.2 Å². The van der Waals surface area contributed by atoms with Gasteiger partial charge in [-0.05, 0) is 18.9 Å². The molecule has 1 N–H and O–H groups in total. The number of carbonyl (C=O) groups is 1. The van der Waals surface area contributed by atoms with Crippen LogP contribution in [0.5, 0.6) is 0 Å². The molecule has 1 aliphatic carbocycles. The van der Waals surface area contributed by atoms with E-state index < -0.39 is 5.97 Å². The molecule has 0 saturated heterocycles. The lowest BCUT2D eigenvalue weighted by molar-refractivity contribution is 0.0690. The van der Waals surface area contributed by atoms with Crippen molar-refractivity contribution in [3.63, 3.8) is 0 Å². The van der Waals surface area contributed by atoms with Gasteiger partial charge in [0.05, 0.1) is 0 Å². The summed E-state index contributed by atoms with van der Waals surface area (Å²) in [7, 11) is 0. The fraction of sp³-hybridized carbons (Fsp3) is 0.444. The molecule has 0 bridgehead atoms. The van der Waals surface area contributed by atoms with Gasteiger partial charge in [0.2, 0.25) is 0 Å². The van der Waals surface area contributed by atoms with E-state index >= 15 is 0 Å². The molecule has 0 spiro atoms. The molecule has 0 unspecified atom stereocenters. The maximum atomic E-state index is 10.6. The Hall–Kier alpha value is -1.45. The van der Waals surface area contributed by atoms with Crippen molar-refractivity contribution in [3.05, 3.63) is 23.8 Å². The molecular weight excluding hydrogens is 168 g/mol. The normalized spacial score (nSPS) is 16.6. The molecule has 68 valence electrons. The van der Waals surface area contributed by atoms with Gasteiger partial charge in [-0.1, -0.05) is 6.42 Å². The van der Waals surface area contributed by atoms with Crippen molar-refractivity contribution in [1.82, 2.24) is 9.97 Å². The first kappa shape index (κ1) is 8.16. The summed E-state index contributed by atoms with van der Waals surface area (Å²) in [5.41, 5.74) is 0.968. The van der Waals surface area contributed by atoms with E-state index in [-0.39, 0.29) is 5.69 Å². The van der Waals surface area contributed by atoms with E-state index in [2.05, 4.69) is 9.97 Å². The second-order valence-corrected chi connectivity index (χ2v) is 3.26. The molecule has 1 fully saturated rings. The second kappa shape index (κ2) is 3.12. The lowest BCUT2D eigenvalue weighted by Crippen LogP contribution is -2.12. The maximum absolute atomic E-state index is 10.6. The van der Waals surface area contributed by atoms with Crippen molar-refractivity contribution in [2.24, 2.45) is 0 Å². The number of rotatable bonds is 2. The number of nitrogens with zero attached hydrogens (tertiary/aromatic N) is 2. The Morgan fingerprint density at radius 2 is 2.23 bits per heavy atom. The summed E-state index contributed by atoms with van der Waals surface area (Å²) in [6, 6.07) is 1.58. The minimum Gasteiger partial charge on any atom is -0.477 e. The van der Waals surface area contributed by atoms with E-state index in [9.17, 15) is 4.79 Å². The average Bonchev–Trinajstić information content (AvgIpc) is 2.01. The van der Waals surface area contributed by atoms with Crippen molar-refractivity contribution in [3.8, 4) is 0 Å². The van der Waals surface area contributed by atoms with Crippen LogP contribution in [0.25, 0.3) is 0 Å². The molecule has 1 heterocycles. The highest BCUT2D eigenvalue weighted by molar-refractivity contribution is 5.85. The fourth-order valence-corrected chi connectivity index (χ4v) is 1.42. The topological polar surface area (TPSA) is 63.1 Å². The van der Waals surface area contributed by atoms with Crippen LogP contribution in [0.3, 0.4) is 0 Å². The van der Waals surface area contributed by atoms with Crippen LogP contribution >= 0.6 is 0 Å². The van der Waals surface area contributed by atoms with Crippen molar-refractivity contribution in [2.75, 3.05) is 0 Å². The van der Waals surface area contributed by atoms with Gasteiger partial charge in [0, 0.05) is 11.6 Å². The van der Waals surface area contributed by atoms with Gasteiger partial charge in [-0.2, -0.15) is 0 Å². The number of carboxylic acids is 1. The molecule has 1 saturated carbocycles. The summed E-state index contributed by atoms with van der Waals surface area (Å²) in [6.45, 7) is 0. The van der Waals surface area contributed by atoms with Crippen LogP contribution in [0.1, 0.15) is 41.4 Å². The van der Waals surface area contributed by atoms with Crippen LogP contribution in [0, 0.1) is 0 Å². The molecule has 1 aromatic heterocycles. The highest BCUT2D eigenvalue weighted by atomic mass is 16.4. The zero-order chi connectivity index (χ0) is 9.26. The predicted octanol–water partition coefficient (Wildman–Crippen LogP) is 1.44. The largest absolute Gasteiger partial charge is 0.477 e. The van der Waals surface area contributed by atoms with Crippen molar-refractivity contribution < 1.29 is 9.90 Å². The van der Waals surface area contributed by atoms with Gasteiger partial charge in [0.1, 0.15) is 6.33 Å². The molecule has 4 nitrogen and oxygen atoms in total. The molecule has 4 heteroatoms. The minimum absolute atomic E-state index is 0.0944. The quantitative estimate of drug-likeness (QED) is 0.744. The van der Waals surface area contributed by atoms with Gasteiger partial charge in [-0.25, -0.2) is 14.8 Å². The third kappa shape index (κ3) is 1.52. The van der Waals surface area contributed by atoms with Crippen LogP contribution in [0.15, 0.2) is 12.4 Å². The van der Waals surface area contributed by atoms with Crippen LogP contribution in [-0.4, -0.2) is 21.0 Å². The van der Waals surface area contributed by atoms with Gasteiger partial charge >= 0.3 is 5.97 Å². The SMILES string of the molecule is O=C(O)c1cc(C2CCC2)ncn1. The summed E-state index contributed by atoms with van der Waals surface area (Å²) in [5.74, 6) is -0.524. The van der Waals surface area contributed by atoms with Gasteiger partial charge in [-0.3, -0.25) is 0 Å². The lowest BCUT2D eigenvalue weighted by Gasteiger charge is -2.24. The summed E-state index contributed by atoms with van der Waals surface area (Å²) in [5, 5.41) is 8.69. The van der Waals surface area contributed by atoms with Crippen LogP contribution in [0.2, 0.25) is 0 Å². The monoisotopic (exact) mass is 178 g/mol. The number of carboxylic acid groups (broad SMARTS) is 1. The molecule has 2 rings (SSSR count). The van der Waals surface area contributed by atoms with E-state index in [1.165, 1.54) is 12.7 Å². The molecule has 0 atom stereocenters. The van der Waals surface area contributed by atoms with Gasteiger partial charge in [0.15, 0.2) is 5.69 Å². The Bertz CT molecular complexity index is 334. The molecule has 0 aliphatic heterocycles. The second-order valence-electron chi connectivity index (χ2n) is 3.26. The van der Waals surface area contributed by atoms with Crippen molar-refractivity contribution >= 4 is 5.97 Å². The Morgan fingerprint density at radius 3 is 2.77 bits per heavy atom. The third-order valence-electron chi connectivity index (χ3n) is 2.43. The van der Waals surface area contributed by atoms with Gasteiger partial charge in [-0.15, -0.1) is 0 Å². The smallest absolute Gasteiger partial charge is 0.354 e. The Balaban J connectivity index is 2.26. The van der Waals surface area contributed by atoms with E-state index in [4.69, 9.17) is 5.11 Å². The average molecular weight is 178 g/mol. The van der Waals surface area contributed by atoms with E-state index in [0.29, 0.717) is 5.92 Å². The number of aromatic nitrogens is 2. The number of aromatic carboxylic acids is 1. The molecule has 13 heavy (non-hydrogen) atoms. The summed E-state index contributed by atoms with van der Waals surface area (Å²) >= 11 is 0. The predicted molar refractivity (Wildman–Crippen MR) is 45.6 cm³/mol. The first-order valence-electron chi connectivity index (χ1n) is 4.32. The van der Waals surface area contributed by atoms with E-state index in [1.54, 1.807) is 6.07 Å². The molecule has 0 radical (unpaired) electrons. The van der Waals surface area contributed by atoms with E-state index in [0.717, 1.165) is 18.5 Å². The molecule has 0 aromatic carbocycles. The Morgan fingerprint density at radius 1 is 1.46 bits per heavy atom.